The van der Waals surface area contributed by atoms with Gasteiger partial charge in [-0.15, -0.1) is 0 Å². The van der Waals surface area contributed by atoms with Gasteiger partial charge in [-0.2, -0.15) is 0 Å². The van der Waals surface area contributed by atoms with Crippen LogP contribution in [0.4, 0.5) is 0 Å². The molecule has 0 aliphatic carbocycles. The highest BCUT2D eigenvalue weighted by molar-refractivity contribution is 8.23. The molecule has 3 aromatic rings. The van der Waals surface area contributed by atoms with E-state index in [0.717, 1.165) is 44.4 Å². The van der Waals surface area contributed by atoms with E-state index in [1.807, 2.05) is 24.3 Å². The number of carbonyl (C=O) groups excluding carboxylic acids is 1. The Morgan fingerprint density at radius 1 is 1.03 bits per heavy atom. The minimum atomic E-state index is -3.34. The lowest BCUT2D eigenvalue weighted by molar-refractivity contribution is 0.0856. The van der Waals surface area contributed by atoms with E-state index in [4.69, 9.17) is 9.15 Å². The summed E-state index contributed by atoms with van der Waals surface area (Å²) in [6, 6.07) is 12.5. The van der Waals surface area contributed by atoms with Gasteiger partial charge in [-0.1, -0.05) is 29.0 Å². The molecule has 0 unspecified atom stereocenters. The highest BCUT2D eigenvalue weighted by Crippen LogP contribution is 2.60. The Kier molecular flexibility index (Phi) is 6.15. The van der Waals surface area contributed by atoms with E-state index in [-0.39, 0.29) is 28.8 Å². The summed E-state index contributed by atoms with van der Waals surface area (Å²) in [7, 11) is -1.87. The third kappa shape index (κ3) is 3.90. The number of oxazole rings is 1. The van der Waals surface area contributed by atoms with Crippen molar-refractivity contribution in [3.8, 4) is 5.75 Å². The number of rotatable bonds is 7. The van der Waals surface area contributed by atoms with Crippen molar-refractivity contribution >= 4 is 27.8 Å². The van der Waals surface area contributed by atoms with Crippen molar-refractivity contribution in [2.24, 2.45) is 0 Å². The number of piperidine rings is 1. The van der Waals surface area contributed by atoms with Crippen LogP contribution in [-0.2, 0) is 0 Å². The van der Waals surface area contributed by atoms with Crippen LogP contribution in [-0.4, -0.2) is 62.1 Å². The number of hydrogen-bond donors (Lipinski definition) is 2. The minimum Gasteiger partial charge on any atom is -0.496 e. The van der Waals surface area contributed by atoms with Gasteiger partial charge in [-0.3, -0.25) is 18.5 Å². The molecule has 0 radical (unpaired) electrons. The monoisotopic (exact) mass is 487 g/mol. The van der Waals surface area contributed by atoms with Crippen LogP contribution in [0.3, 0.4) is 0 Å². The zero-order valence-corrected chi connectivity index (χ0v) is 19.9. The van der Waals surface area contributed by atoms with Crippen molar-refractivity contribution in [1.82, 2.24) is 13.8 Å². The average Bonchev–Trinajstić information content (AvgIpc) is 3.28. The molecule has 0 atom stereocenters. The summed E-state index contributed by atoms with van der Waals surface area (Å²) in [6.07, 6.45) is 3.21. The fourth-order valence-corrected chi connectivity index (χ4v) is 6.70. The summed E-state index contributed by atoms with van der Waals surface area (Å²) in [5.41, 5.74) is 1.71. The van der Waals surface area contributed by atoms with Crippen LogP contribution in [0.1, 0.15) is 42.1 Å². The number of aromatic nitrogens is 1. The smallest absolute Gasteiger partial charge is 0.420 e. The Hall–Kier alpha value is -2.79. The van der Waals surface area contributed by atoms with Gasteiger partial charge in [-0.25, -0.2) is 9.10 Å². The lowest BCUT2D eigenvalue weighted by atomic mass is 10.0. The number of methoxy groups -OCH3 is 1. The molecule has 34 heavy (non-hydrogen) atoms. The number of likely N-dealkylation sites (tertiary alicyclic amines) is 1. The van der Waals surface area contributed by atoms with Gasteiger partial charge in [0.2, 0.25) is 0 Å². The molecule has 2 aliphatic rings. The van der Waals surface area contributed by atoms with Crippen molar-refractivity contribution in [3.05, 3.63) is 58.6 Å². The molecule has 2 aliphatic heterocycles. The molecule has 1 amide bonds. The summed E-state index contributed by atoms with van der Waals surface area (Å²) >= 11 is 0. The Labute approximate surface area is 199 Å². The van der Waals surface area contributed by atoms with E-state index in [2.05, 4.69) is 4.90 Å². The summed E-state index contributed by atoms with van der Waals surface area (Å²) in [4.78, 5) is 27.8. The summed E-state index contributed by atoms with van der Waals surface area (Å²) < 4.78 is 35.0. The predicted molar refractivity (Wildman–Crippen MR) is 130 cm³/mol. The second kappa shape index (κ2) is 9.10. The molecule has 0 spiro atoms. The SMILES string of the molecule is COc1cccc2c1C(=O)N(CCCCN1CCC(n3c(=O)oc4ccccc43)CC1)S2(O)O. The number of carbonyl (C=O) groups is 1. The third-order valence-electron chi connectivity index (χ3n) is 6.78. The van der Waals surface area contributed by atoms with Crippen molar-refractivity contribution in [2.45, 2.75) is 36.6 Å². The Morgan fingerprint density at radius 3 is 2.53 bits per heavy atom. The van der Waals surface area contributed by atoms with E-state index >= 15 is 0 Å². The molecular formula is C24H29N3O6S. The summed E-state index contributed by atoms with van der Waals surface area (Å²) in [5.74, 6) is -0.338. The van der Waals surface area contributed by atoms with E-state index in [0.29, 0.717) is 17.8 Å². The summed E-state index contributed by atoms with van der Waals surface area (Å²) in [5, 5.41) is 0. The molecule has 0 bridgehead atoms. The number of amides is 1. The highest BCUT2D eigenvalue weighted by atomic mass is 32.3. The van der Waals surface area contributed by atoms with Crippen molar-refractivity contribution in [1.29, 1.82) is 0 Å². The maximum absolute atomic E-state index is 12.9. The molecule has 1 saturated heterocycles. The van der Waals surface area contributed by atoms with Crippen molar-refractivity contribution in [2.75, 3.05) is 33.3 Å². The number of ether oxygens (including phenoxy) is 1. The number of hydrogen-bond acceptors (Lipinski definition) is 7. The second-order valence-electron chi connectivity index (χ2n) is 8.75. The van der Waals surface area contributed by atoms with Gasteiger partial charge in [0.05, 0.1) is 17.5 Å². The van der Waals surface area contributed by atoms with Crippen LogP contribution in [0.15, 0.2) is 56.6 Å². The normalized spacial score (nSPS) is 19.5. The van der Waals surface area contributed by atoms with Crippen LogP contribution in [0.5, 0.6) is 5.75 Å². The molecule has 1 fully saturated rings. The number of unbranched alkanes of at least 4 members (excludes halogenated alkanes) is 1. The van der Waals surface area contributed by atoms with Gasteiger partial charge in [0.15, 0.2) is 5.58 Å². The fourth-order valence-electron chi connectivity index (χ4n) is 5.03. The number of fused-ring (bicyclic) bond motifs is 2. The first kappa shape index (κ1) is 23.0. The molecular weight excluding hydrogens is 458 g/mol. The standard InChI is InChI=1S/C24H29N3O6S/c1-32-20-9-6-10-21-22(20)23(28)26(34(21,30)31)14-5-4-13-25-15-11-17(12-16-25)27-18-7-2-3-8-19(18)33-24(27)29/h2-3,6-10,17,30-31H,4-5,11-16H2,1H3. The molecule has 5 rings (SSSR count). The first-order valence-corrected chi connectivity index (χ1v) is 13.0. The van der Waals surface area contributed by atoms with E-state index in [1.54, 1.807) is 22.8 Å². The average molecular weight is 488 g/mol. The lowest BCUT2D eigenvalue weighted by Gasteiger charge is -2.37. The van der Waals surface area contributed by atoms with Crippen LogP contribution in [0.25, 0.3) is 11.1 Å². The van der Waals surface area contributed by atoms with Crippen LogP contribution in [0, 0.1) is 0 Å². The third-order valence-corrected chi connectivity index (χ3v) is 8.67. The quantitative estimate of drug-likeness (QED) is 0.481. The Bertz CT molecular complexity index is 1260. The van der Waals surface area contributed by atoms with Gasteiger partial charge in [0.25, 0.3) is 5.91 Å². The first-order chi connectivity index (χ1) is 16.4. The Morgan fingerprint density at radius 2 is 1.76 bits per heavy atom. The van der Waals surface area contributed by atoms with Crippen molar-refractivity contribution in [3.63, 3.8) is 0 Å². The zero-order valence-electron chi connectivity index (χ0n) is 19.1. The van der Waals surface area contributed by atoms with Crippen LogP contribution >= 0.6 is 10.8 Å². The van der Waals surface area contributed by atoms with E-state index in [9.17, 15) is 18.7 Å². The second-order valence-corrected chi connectivity index (χ2v) is 10.7. The van der Waals surface area contributed by atoms with Crippen LogP contribution < -0.4 is 10.5 Å². The molecule has 182 valence electrons. The predicted octanol–water partition coefficient (Wildman–Crippen LogP) is 4.20. The Balaban J connectivity index is 1.14. The van der Waals surface area contributed by atoms with Crippen LogP contribution in [0.2, 0.25) is 0 Å². The topological polar surface area (TPSA) is 108 Å². The molecule has 9 nitrogen and oxygen atoms in total. The van der Waals surface area contributed by atoms with Gasteiger partial charge in [-0.05, 0) is 56.5 Å². The molecule has 2 N–H and O–H groups in total. The molecule has 0 saturated carbocycles. The number of benzene rings is 2. The fraction of sp³-hybridized carbons (Fsp3) is 0.417. The molecule has 3 heterocycles. The van der Waals surface area contributed by atoms with Crippen molar-refractivity contribution < 1.29 is 23.1 Å². The molecule has 10 heteroatoms. The molecule has 2 aromatic carbocycles. The molecule has 1 aromatic heterocycles. The first-order valence-electron chi connectivity index (χ1n) is 11.5. The number of para-hydroxylation sites is 2. The van der Waals surface area contributed by atoms with Gasteiger partial charge in [0, 0.05) is 25.7 Å². The van der Waals surface area contributed by atoms with E-state index in [1.165, 1.54) is 11.4 Å². The van der Waals surface area contributed by atoms with Gasteiger partial charge in [0.1, 0.15) is 11.3 Å². The maximum atomic E-state index is 12.9. The number of nitrogens with zero attached hydrogens (tertiary/aromatic N) is 3. The van der Waals surface area contributed by atoms with Gasteiger partial charge >= 0.3 is 5.76 Å². The summed E-state index contributed by atoms with van der Waals surface area (Å²) in [6.45, 7) is 2.87. The minimum absolute atomic E-state index is 0.121. The largest absolute Gasteiger partial charge is 0.496 e. The maximum Gasteiger partial charge on any atom is 0.420 e. The van der Waals surface area contributed by atoms with E-state index < -0.39 is 16.7 Å². The van der Waals surface area contributed by atoms with Gasteiger partial charge < -0.3 is 14.1 Å². The lowest BCUT2D eigenvalue weighted by Crippen LogP contribution is -2.37. The zero-order chi connectivity index (χ0) is 23.9. The highest BCUT2D eigenvalue weighted by Gasteiger charge is 2.43.